The third kappa shape index (κ3) is 2.23. The van der Waals surface area contributed by atoms with Gasteiger partial charge in [-0.1, -0.05) is 30.1 Å². The predicted octanol–water partition coefficient (Wildman–Crippen LogP) is 3.84. The van der Waals surface area contributed by atoms with E-state index < -0.39 is 11.7 Å². The zero-order valence-corrected chi connectivity index (χ0v) is 12.5. The van der Waals surface area contributed by atoms with Crippen molar-refractivity contribution in [2.75, 3.05) is 0 Å². The Morgan fingerprint density at radius 2 is 2.05 bits per heavy atom. The van der Waals surface area contributed by atoms with E-state index in [-0.39, 0.29) is 0 Å². The van der Waals surface area contributed by atoms with Gasteiger partial charge in [0.15, 0.2) is 5.71 Å². The molecule has 1 aromatic rings. The number of hydrogen-bond donors (Lipinski definition) is 1. The molecule has 2 rings (SSSR count). The molecule has 0 saturated heterocycles. The van der Waals surface area contributed by atoms with Gasteiger partial charge < -0.3 is 10.4 Å². The van der Waals surface area contributed by atoms with E-state index in [0.717, 1.165) is 9.80 Å². The van der Waals surface area contributed by atoms with Crippen LogP contribution in [-0.2, 0) is 0 Å². The van der Waals surface area contributed by atoms with E-state index in [2.05, 4.69) is 0 Å². The van der Waals surface area contributed by atoms with E-state index in [4.69, 9.17) is 23.2 Å². The van der Waals surface area contributed by atoms with Crippen molar-refractivity contribution in [3.8, 4) is 0 Å². The maximum absolute atomic E-state index is 12.4. The van der Waals surface area contributed by atoms with Crippen LogP contribution in [0.5, 0.6) is 0 Å². The zero-order chi connectivity index (χ0) is 14.4. The highest BCUT2D eigenvalue weighted by atomic mass is 35.5. The molecule has 0 aromatic heterocycles. The molecule has 1 N–H and O–H groups in total. The van der Waals surface area contributed by atoms with Gasteiger partial charge in [-0.3, -0.25) is 0 Å². The molecule has 19 heavy (non-hydrogen) atoms. The molecule has 0 radical (unpaired) electrons. The van der Waals surface area contributed by atoms with E-state index in [0.29, 0.717) is 27.7 Å². The van der Waals surface area contributed by atoms with Crippen LogP contribution in [0.2, 0.25) is 10.0 Å². The molecule has 0 unspecified atom stereocenters. The standard InChI is InChI=1S/C13H16Cl2N2O2/c1-4-11-13(2,3)17(19)12(16(11)18)9-6-5-8(14)7-10(9)15/h5-7,12,19H,4H2,1-3H3/t12-/m0/s1. The lowest BCUT2D eigenvalue weighted by Gasteiger charge is -2.25. The van der Waals surface area contributed by atoms with Crippen LogP contribution in [0.4, 0.5) is 0 Å². The summed E-state index contributed by atoms with van der Waals surface area (Å²) in [5, 5.41) is 24.6. The second-order valence-corrected chi connectivity index (χ2v) is 5.91. The maximum atomic E-state index is 12.4. The summed E-state index contributed by atoms with van der Waals surface area (Å²) in [6, 6.07) is 4.89. The summed E-state index contributed by atoms with van der Waals surface area (Å²) in [6.45, 7) is 5.50. The number of nitrogens with zero attached hydrogens (tertiary/aromatic N) is 2. The fourth-order valence-corrected chi connectivity index (χ4v) is 3.02. The van der Waals surface area contributed by atoms with Crippen LogP contribution in [0.15, 0.2) is 18.2 Å². The first-order valence-corrected chi connectivity index (χ1v) is 6.82. The topological polar surface area (TPSA) is 49.5 Å². The van der Waals surface area contributed by atoms with E-state index >= 15 is 0 Å². The zero-order valence-electron chi connectivity index (χ0n) is 11.0. The molecule has 4 nitrogen and oxygen atoms in total. The molecule has 1 aromatic carbocycles. The Morgan fingerprint density at radius 1 is 1.42 bits per heavy atom. The lowest BCUT2D eigenvalue weighted by Crippen LogP contribution is -2.43. The van der Waals surface area contributed by atoms with Crippen LogP contribution in [0, 0.1) is 5.21 Å². The highest BCUT2D eigenvalue weighted by Gasteiger charge is 2.51. The molecule has 1 aliphatic rings. The molecule has 0 spiro atoms. The molecule has 1 atom stereocenters. The minimum Gasteiger partial charge on any atom is -0.622 e. The van der Waals surface area contributed by atoms with Crippen LogP contribution in [-0.4, -0.2) is 26.3 Å². The average molecular weight is 303 g/mol. The van der Waals surface area contributed by atoms with Crippen LogP contribution < -0.4 is 0 Å². The van der Waals surface area contributed by atoms with Gasteiger partial charge in [0.1, 0.15) is 5.54 Å². The first-order valence-electron chi connectivity index (χ1n) is 6.06. The van der Waals surface area contributed by atoms with Crippen molar-refractivity contribution in [2.24, 2.45) is 0 Å². The summed E-state index contributed by atoms with van der Waals surface area (Å²) in [6.07, 6.45) is -0.273. The molecule has 0 amide bonds. The Hall–Kier alpha value is -0.810. The Bertz CT molecular complexity index is 543. The first-order chi connectivity index (χ1) is 8.80. The molecule has 1 aliphatic heterocycles. The van der Waals surface area contributed by atoms with Crippen molar-refractivity contribution in [2.45, 2.75) is 38.9 Å². The van der Waals surface area contributed by atoms with Gasteiger partial charge in [0.25, 0.3) is 6.17 Å². The van der Waals surface area contributed by atoms with Crippen LogP contribution in [0.1, 0.15) is 38.9 Å². The quantitative estimate of drug-likeness (QED) is 0.667. The van der Waals surface area contributed by atoms with Gasteiger partial charge in [-0.05, 0) is 32.0 Å². The van der Waals surface area contributed by atoms with E-state index in [1.807, 2.05) is 6.92 Å². The van der Waals surface area contributed by atoms with Crippen LogP contribution in [0.3, 0.4) is 0 Å². The minimum atomic E-state index is -0.838. The number of hydroxylamine groups is 3. The van der Waals surface area contributed by atoms with Crippen LogP contribution >= 0.6 is 23.2 Å². The Labute approximate surface area is 122 Å². The van der Waals surface area contributed by atoms with Gasteiger partial charge in [-0.25, -0.2) is 0 Å². The van der Waals surface area contributed by atoms with Crippen molar-refractivity contribution >= 4 is 28.9 Å². The van der Waals surface area contributed by atoms with Crippen LogP contribution in [0.25, 0.3) is 0 Å². The summed E-state index contributed by atoms with van der Waals surface area (Å²) >= 11 is 12.0. The van der Waals surface area contributed by atoms with Gasteiger partial charge in [0.2, 0.25) is 0 Å². The van der Waals surface area contributed by atoms with Crippen molar-refractivity contribution in [1.82, 2.24) is 5.06 Å². The summed E-state index contributed by atoms with van der Waals surface area (Å²) in [5.41, 5.74) is 0.440. The largest absolute Gasteiger partial charge is 0.622 e. The van der Waals surface area contributed by atoms with Crippen molar-refractivity contribution in [3.05, 3.63) is 39.0 Å². The average Bonchev–Trinajstić information content (AvgIpc) is 2.48. The van der Waals surface area contributed by atoms with E-state index in [1.165, 1.54) is 0 Å². The molecule has 6 heteroatoms. The van der Waals surface area contributed by atoms with Crippen molar-refractivity contribution in [3.63, 3.8) is 0 Å². The minimum absolute atomic E-state index is 0.366. The van der Waals surface area contributed by atoms with Crippen molar-refractivity contribution in [1.29, 1.82) is 0 Å². The summed E-state index contributed by atoms with van der Waals surface area (Å²) in [7, 11) is 0. The molecular formula is C13H16Cl2N2O2. The molecule has 0 aliphatic carbocycles. The number of rotatable bonds is 2. The predicted molar refractivity (Wildman–Crippen MR) is 75.8 cm³/mol. The number of benzene rings is 1. The Kier molecular flexibility index (Phi) is 3.80. The summed E-state index contributed by atoms with van der Waals surface area (Å²) < 4.78 is 0.828. The highest BCUT2D eigenvalue weighted by Crippen LogP contribution is 2.38. The number of hydrogen-bond acceptors (Lipinski definition) is 3. The molecule has 0 saturated carbocycles. The maximum Gasteiger partial charge on any atom is 0.269 e. The monoisotopic (exact) mass is 302 g/mol. The SMILES string of the molecule is CCC1=[N+]([O-])[C@H](c2ccc(Cl)cc2Cl)N(O)C1(C)C. The molecule has 104 valence electrons. The summed E-state index contributed by atoms with van der Waals surface area (Å²) in [4.78, 5) is 0. The molecule has 0 bridgehead atoms. The van der Waals surface area contributed by atoms with Gasteiger partial charge in [-0.15, -0.1) is 5.06 Å². The third-order valence-electron chi connectivity index (χ3n) is 3.57. The smallest absolute Gasteiger partial charge is 0.269 e. The fourth-order valence-electron chi connectivity index (χ4n) is 2.51. The lowest BCUT2D eigenvalue weighted by molar-refractivity contribution is -0.545. The highest BCUT2D eigenvalue weighted by molar-refractivity contribution is 6.35. The van der Waals surface area contributed by atoms with Gasteiger partial charge >= 0.3 is 0 Å². The van der Waals surface area contributed by atoms with Gasteiger partial charge in [0, 0.05) is 11.4 Å². The Morgan fingerprint density at radius 3 is 2.53 bits per heavy atom. The van der Waals surface area contributed by atoms with Crippen molar-refractivity contribution < 1.29 is 9.95 Å². The summed E-state index contributed by atoms with van der Waals surface area (Å²) in [5.74, 6) is 0. The normalized spacial score (nSPS) is 23.2. The molecular weight excluding hydrogens is 287 g/mol. The second kappa shape index (κ2) is 4.94. The fraction of sp³-hybridized carbons (Fsp3) is 0.462. The van der Waals surface area contributed by atoms with Gasteiger partial charge in [-0.2, -0.15) is 4.74 Å². The third-order valence-corrected chi connectivity index (χ3v) is 4.14. The Balaban J connectivity index is 2.54. The molecule has 0 fully saturated rings. The molecule has 1 heterocycles. The van der Waals surface area contributed by atoms with E-state index in [9.17, 15) is 10.4 Å². The van der Waals surface area contributed by atoms with E-state index in [1.54, 1.807) is 32.0 Å². The van der Waals surface area contributed by atoms with Gasteiger partial charge in [0.05, 0.1) is 10.6 Å². The second-order valence-electron chi connectivity index (χ2n) is 5.07. The first kappa shape index (κ1) is 14.6. The number of halogens is 2. The lowest BCUT2D eigenvalue weighted by atomic mass is 9.97.